The van der Waals surface area contributed by atoms with E-state index in [0.29, 0.717) is 11.8 Å². The number of hydrogen-bond donors (Lipinski definition) is 2. The van der Waals surface area contributed by atoms with Crippen LogP contribution in [0.2, 0.25) is 0 Å². The second-order valence-electron chi connectivity index (χ2n) is 7.54. The van der Waals surface area contributed by atoms with Crippen molar-refractivity contribution in [1.82, 2.24) is 0 Å². The van der Waals surface area contributed by atoms with Gasteiger partial charge in [0.2, 0.25) is 5.91 Å². The van der Waals surface area contributed by atoms with Gasteiger partial charge in [-0.05, 0) is 66.5 Å². The molecule has 4 atom stereocenters. The topological polar surface area (TPSA) is 55.1 Å². The van der Waals surface area contributed by atoms with Crippen molar-refractivity contribution in [2.75, 3.05) is 5.32 Å². The summed E-state index contributed by atoms with van der Waals surface area (Å²) in [6.45, 7) is 0. The molecule has 3 aliphatic carbocycles. The summed E-state index contributed by atoms with van der Waals surface area (Å²) in [5.74, 6) is 1.18. The van der Waals surface area contributed by atoms with E-state index in [9.17, 15) is 4.79 Å². The highest BCUT2D eigenvalue weighted by Crippen LogP contribution is 2.48. The molecule has 2 aromatic carbocycles. The lowest BCUT2D eigenvalue weighted by Gasteiger charge is -2.27. The summed E-state index contributed by atoms with van der Waals surface area (Å²) >= 11 is 0. The van der Waals surface area contributed by atoms with Gasteiger partial charge >= 0.3 is 0 Å². The smallest absolute Gasteiger partial charge is 0.229 e. The number of nitrogens with one attached hydrogen (secondary N) is 1. The van der Waals surface area contributed by atoms with Crippen LogP contribution in [0.25, 0.3) is 10.8 Å². The van der Waals surface area contributed by atoms with Gasteiger partial charge in [0, 0.05) is 17.1 Å². The highest BCUT2D eigenvalue weighted by Gasteiger charge is 2.49. The van der Waals surface area contributed by atoms with Crippen LogP contribution < -0.4 is 11.1 Å². The molecule has 0 radical (unpaired) electrons. The quantitative estimate of drug-likeness (QED) is 0.895. The molecule has 0 heterocycles. The average molecular weight is 306 g/mol. The molecule has 2 bridgehead atoms. The molecule has 23 heavy (non-hydrogen) atoms. The van der Waals surface area contributed by atoms with Gasteiger partial charge in [0.25, 0.3) is 0 Å². The monoisotopic (exact) mass is 306 g/mol. The van der Waals surface area contributed by atoms with Crippen molar-refractivity contribution in [2.24, 2.45) is 23.5 Å². The van der Waals surface area contributed by atoms with E-state index in [2.05, 4.69) is 35.6 Å². The summed E-state index contributed by atoms with van der Waals surface area (Å²) in [5, 5.41) is 5.74. The molecule has 2 aromatic rings. The van der Waals surface area contributed by atoms with Crippen molar-refractivity contribution in [2.45, 2.75) is 38.1 Å². The first-order valence-electron chi connectivity index (χ1n) is 8.82. The van der Waals surface area contributed by atoms with Gasteiger partial charge in [-0.15, -0.1) is 0 Å². The molecular formula is C20H22N2O. The van der Waals surface area contributed by atoms with Crippen LogP contribution in [0.4, 0.5) is 5.69 Å². The van der Waals surface area contributed by atoms with E-state index in [1.807, 2.05) is 0 Å². The summed E-state index contributed by atoms with van der Waals surface area (Å²) in [7, 11) is 0. The largest absolute Gasteiger partial charge is 0.327 e. The number of carbonyl (C=O) groups excluding carboxylic acids is 1. The Bertz CT molecular complexity index is 800. The minimum absolute atomic E-state index is 0.00297. The highest BCUT2D eigenvalue weighted by molar-refractivity contribution is 6.05. The van der Waals surface area contributed by atoms with Gasteiger partial charge in [-0.25, -0.2) is 0 Å². The number of anilines is 1. The Labute approximate surface area is 136 Å². The van der Waals surface area contributed by atoms with Gasteiger partial charge in [-0.2, -0.15) is 0 Å². The predicted octanol–water partition coefficient (Wildman–Crippen LogP) is 3.25. The third-order valence-corrected chi connectivity index (χ3v) is 6.42. The van der Waals surface area contributed by atoms with E-state index >= 15 is 0 Å². The van der Waals surface area contributed by atoms with Crippen LogP contribution >= 0.6 is 0 Å². The molecule has 4 unspecified atom stereocenters. The SMILES string of the molecule is NC1C2CCC(C2)C1C(=O)Nc1ccc2c3c(cccc13)CC2. The molecule has 3 N–H and O–H groups in total. The molecule has 0 aliphatic heterocycles. The van der Waals surface area contributed by atoms with Crippen molar-refractivity contribution in [3.63, 3.8) is 0 Å². The molecule has 5 rings (SSSR count). The van der Waals surface area contributed by atoms with Crippen LogP contribution in [0.1, 0.15) is 30.4 Å². The number of amides is 1. The van der Waals surface area contributed by atoms with E-state index in [1.54, 1.807) is 0 Å². The van der Waals surface area contributed by atoms with E-state index in [4.69, 9.17) is 5.73 Å². The van der Waals surface area contributed by atoms with Crippen molar-refractivity contribution in [3.05, 3.63) is 41.5 Å². The predicted molar refractivity (Wildman–Crippen MR) is 92.3 cm³/mol. The Hall–Kier alpha value is -1.87. The number of nitrogens with two attached hydrogens (primary N) is 1. The Kier molecular flexibility index (Phi) is 2.84. The number of hydrogen-bond acceptors (Lipinski definition) is 2. The first-order valence-corrected chi connectivity index (χ1v) is 8.82. The maximum Gasteiger partial charge on any atom is 0.229 e. The van der Waals surface area contributed by atoms with Gasteiger partial charge in [-0.3, -0.25) is 4.79 Å². The highest BCUT2D eigenvalue weighted by atomic mass is 16.2. The van der Waals surface area contributed by atoms with Gasteiger partial charge in [0.1, 0.15) is 0 Å². The average Bonchev–Trinajstić information content (AvgIpc) is 3.25. The van der Waals surface area contributed by atoms with Crippen molar-refractivity contribution >= 4 is 22.4 Å². The number of aryl methyl sites for hydroxylation is 2. The number of carbonyl (C=O) groups is 1. The molecule has 118 valence electrons. The Balaban J connectivity index is 1.49. The molecule has 3 heteroatoms. The molecule has 3 nitrogen and oxygen atoms in total. The van der Waals surface area contributed by atoms with Crippen LogP contribution in [0.15, 0.2) is 30.3 Å². The van der Waals surface area contributed by atoms with E-state index in [1.165, 1.54) is 34.7 Å². The molecule has 0 spiro atoms. The maximum atomic E-state index is 12.9. The zero-order chi connectivity index (χ0) is 15.6. The van der Waals surface area contributed by atoms with E-state index in [0.717, 1.165) is 24.9 Å². The Morgan fingerprint density at radius 3 is 2.61 bits per heavy atom. The fraction of sp³-hybridized carbons (Fsp3) is 0.450. The van der Waals surface area contributed by atoms with Crippen LogP contribution in [-0.2, 0) is 17.6 Å². The Morgan fingerprint density at radius 2 is 1.83 bits per heavy atom. The molecule has 0 saturated heterocycles. The number of fused-ring (bicyclic) bond motifs is 2. The van der Waals surface area contributed by atoms with Crippen molar-refractivity contribution < 1.29 is 4.79 Å². The minimum Gasteiger partial charge on any atom is -0.327 e. The lowest BCUT2D eigenvalue weighted by Crippen LogP contribution is -2.42. The maximum absolute atomic E-state index is 12.9. The fourth-order valence-corrected chi connectivity index (χ4v) is 5.30. The lowest BCUT2D eigenvalue weighted by molar-refractivity contribution is -0.121. The molecule has 2 fully saturated rings. The third-order valence-electron chi connectivity index (χ3n) is 6.42. The summed E-state index contributed by atoms with van der Waals surface area (Å²) in [6, 6.07) is 10.7. The van der Waals surface area contributed by atoms with Crippen molar-refractivity contribution in [3.8, 4) is 0 Å². The first kappa shape index (κ1) is 13.6. The van der Waals surface area contributed by atoms with Crippen LogP contribution in [-0.4, -0.2) is 11.9 Å². The zero-order valence-corrected chi connectivity index (χ0v) is 13.2. The summed E-state index contributed by atoms with van der Waals surface area (Å²) in [5.41, 5.74) is 10.1. The molecule has 3 aliphatic rings. The summed E-state index contributed by atoms with van der Waals surface area (Å²) < 4.78 is 0. The van der Waals surface area contributed by atoms with Crippen LogP contribution in [0, 0.1) is 17.8 Å². The zero-order valence-electron chi connectivity index (χ0n) is 13.2. The first-order chi connectivity index (χ1) is 11.2. The minimum atomic E-state index is -0.00297. The summed E-state index contributed by atoms with van der Waals surface area (Å²) in [6.07, 6.45) is 5.74. The number of rotatable bonds is 2. The second-order valence-corrected chi connectivity index (χ2v) is 7.54. The fourth-order valence-electron chi connectivity index (χ4n) is 5.30. The third kappa shape index (κ3) is 1.89. The second kappa shape index (κ2) is 4.81. The van der Waals surface area contributed by atoms with Gasteiger partial charge in [-0.1, -0.05) is 24.3 Å². The van der Waals surface area contributed by atoms with E-state index < -0.39 is 0 Å². The lowest BCUT2D eigenvalue weighted by atomic mass is 9.84. The molecular weight excluding hydrogens is 284 g/mol. The van der Waals surface area contributed by atoms with Crippen LogP contribution in [0.3, 0.4) is 0 Å². The van der Waals surface area contributed by atoms with Gasteiger partial charge in [0.15, 0.2) is 0 Å². The standard InChI is InChI=1S/C20H22N2O/c21-19-14-7-6-13(10-14)18(19)20(23)22-16-9-8-12-5-4-11-2-1-3-15(16)17(11)12/h1-3,8-9,13-14,18-19H,4-7,10,21H2,(H,22,23). The number of benzene rings is 2. The molecule has 1 amide bonds. The normalized spacial score (nSPS) is 31.0. The molecule has 2 saturated carbocycles. The summed E-state index contributed by atoms with van der Waals surface area (Å²) in [4.78, 5) is 12.9. The van der Waals surface area contributed by atoms with Gasteiger partial charge in [0.05, 0.1) is 5.92 Å². The molecule has 0 aromatic heterocycles. The Morgan fingerprint density at radius 1 is 1.04 bits per heavy atom. The van der Waals surface area contributed by atoms with Gasteiger partial charge < -0.3 is 11.1 Å². The van der Waals surface area contributed by atoms with E-state index in [-0.39, 0.29) is 17.9 Å². The van der Waals surface area contributed by atoms with Crippen molar-refractivity contribution in [1.29, 1.82) is 0 Å². The van der Waals surface area contributed by atoms with Crippen LogP contribution in [0.5, 0.6) is 0 Å².